The molecule has 1 N–H and O–H groups in total. The van der Waals surface area contributed by atoms with E-state index in [0.29, 0.717) is 24.6 Å². The molecule has 0 aromatic heterocycles. The summed E-state index contributed by atoms with van der Waals surface area (Å²) in [7, 11) is 0. The molecule has 2 aromatic carbocycles. The van der Waals surface area contributed by atoms with Crippen molar-refractivity contribution < 1.29 is 9.53 Å². The van der Waals surface area contributed by atoms with Gasteiger partial charge in [0.05, 0.1) is 5.69 Å². The summed E-state index contributed by atoms with van der Waals surface area (Å²) in [5, 5.41) is 3.92. The predicted octanol–water partition coefficient (Wildman–Crippen LogP) is 5.20. The largest absolute Gasteiger partial charge is 0.444 e. The third-order valence-corrected chi connectivity index (χ3v) is 6.74. The summed E-state index contributed by atoms with van der Waals surface area (Å²) < 4.78 is 5.75. The van der Waals surface area contributed by atoms with Gasteiger partial charge in [-0.15, -0.1) is 0 Å². The van der Waals surface area contributed by atoms with Crippen molar-refractivity contribution in [3.8, 4) is 0 Å². The number of nitrogens with one attached hydrogen (secondary N) is 1. The lowest BCUT2D eigenvalue weighted by atomic mass is 9.81. The summed E-state index contributed by atoms with van der Waals surface area (Å²) in [6.45, 7) is 0.319. The van der Waals surface area contributed by atoms with Crippen molar-refractivity contribution >= 4 is 11.8 Å². The van der Waals surface area contributed by atoms with E-state index < -0.39 is 0 Å². The fourth-order valence-electron chi connectivity index (χ4n) is 5.12. The van der Waals surface area contributed by atoms with Crippen LogP contribution in [0.4, 0.5) is 10.5 Å². The number of amides is 1. The Bertz CT molecular complexity index is 834. The summed E-state index contributed by atoms with van der Waals surface area (Å²) in [5.41, 5.74) is 3.31. The lowest BCUT2D eigenvalue weighted by molar-refractivity contribution is 0.138. The van der Waals surface area contributed by atoms with Crippen LogP contribution in [0.3, 0.4) is 0 Å². The van der Waals surface area contributed by atoms with E-state index in [-0.39, 0.29) is 12.1 Å². The number of carbonyl (C=O) groups is 1. The zero-order chi connectivity index (χ0) is 18.9. The summed E-state index contributed by atoms with van der Waals surface area (Å²) in [5.74, 6) is 0.472. The molecule has 1 heterocycles. The van der Waals surface area contributed by atoms with Crippen LogP contribution in [-0.2, 0) is 11.3 Å². The molecule has 2 fully saturated rings. The number of anilines is 1. The number of benzene rings is 2. The Morgan fingerprint density at radius 1 is 0.964 bits per heavy atom. The number of para-hydroxylation sites is 1. The monoisotopic (exact) mass is 376 g/mol. The van der Waals surface area contributed by atoms with E-state index in [1.54, 1.807) is 0 Å². The Hall–Kier alpha value is -2.33. The summed E-state index contributed by atoms with van der Waals surface area (Å²) >= 11 is 0. The molecule has 0 saturated heterocycles. The molecule has 0 bridgehead atoms. The molecule has 4 nitrogen and oxygen atoms in total. The average Bonchev–Trinajstić information content (AvgIpc) is 3.18. The fourth-order valence-corrected chi connectivity index (χ4v) is 5.12. The molecule has 2 saturated carbocycles. The molecular weight excluding hydrogens is 348 g/mol. The zero-order valence-corrected chi connectivity index (χ0v) is 16.2. The maximum absolute atomic E-state index is 13.2. The van der Waals surface area contributed by atoms with Crippen molar-refractivity contribution in [2.75, 3.05) is 4.90 Å². The van der Waals surface area contributed by atoms with Crippen LogP contribution in [0.2, 0.25) is 0 Å². The molecule has 146 valence electrons. The minimum Gasteiger partial charge on any atom is -0.444 e. The van der Waals surface area contributed by atoms with Gasteiger partial charge in [-0.25, -0.2) is 4.79 Å². The molecule has 28 heavy (non-hydrogen) atoms. The van der Waals surface area contributed by atoms with Crippen LogP contribution in [0.25, 0.3) is 0 Å². The third-order valence-electron chi connectivity index (χ3n) is 6.74. The Balaban J connectivity index is 1.41. The number of carbonyl (C=O) groups excluding carboxylic acids is 1. The molecule has 0 radical (unpaired) electrons. The first-order valence-corrected chi connectivity index (χ1v) is 10.7. The predicted molar refractivity (Wildman–Crippen MR) is 110 cm³/mol. The molecule has 1 aliphatic heterocycles. The fraction of sp³-hybridized carbons (Fsp3) is 0.458. The molecule has 1 amide bonds. The van der Waals surface area contributed by atoms with Crippen molar-refractivity contribution in [2.24, 2.45) is 5.92 Å². The van der Waals surface area contributed by atoms with E-state index in [2.05, 4.69) is 23.5 Å². The Morgan fingerprint density at radius 2 is 1.71 bits per heavy atom. The number of rotatable bonds is 4. The number of ether oxygens (including phenoxy) is 1. The molecule has 0 spiro atoms. The van der Waals surface area contributed by atoms with Crippen molar-refractivity contribution in [3.05, 3.63) is 65.7 Å². The van der Waals surface area contributed by atoms with Gasteiger partial charge in [-0.05, 0) is 48.8 Å². The lowest BCUT2D eigenvalue weighted by Crippen LogP contribution is -2.52. The first-order chi connectivity index (χ1) is 13.8. The highest BCUT2D eigenvalue weighted by atomic mass is 16.6. The minimum atomic E-state index is -0.213. The van der Waals surface area contributed by atoms with Crippen LogP contribution in [0.15, 0.2) is 54.6 Å². The van der Waals surface area contributed by atoms with Gasteiger partial charge in [-0.1, -0.05) is 61.4 Å². The molecule has 3 aliphatic rings. The second kappa shape index (κ2) is 7.59. The van der Waals surface area contributed by atoms with Crippen molar-refractivity contribution in [1.82, 2.24) is 5.32 Å². The first kappa shape index (κ1) is 17.7. The molecule has 5 rings (SSSR count). The van der Waals surface area contributed by atoms with Crippen LogP contribution < -0.4 is 10.2 Å². The Kier molecular flexibility index (Phi) is 4.81. The molecular formula is C24H28N2O2. The van der Waals surface area contributed by atoms with E-state index in [4.69, 9.17) is 4.74 Å². The van der Waals surface area contributed by atoms with Gasteiger partial charge in [0, 0.05) is 18.1 Å². The van der Waals surface area contributed by atoms with Crippen LogP contribution >= 0.6 is 0 Å². The van der Waals surface area contributed by atoms with Crippen LogP contribution in [-0.4, -0.2) is 18.2 Å². The maximum Gasteiger partial charge on any atom is 0.414 e. The highest BCUT2D eigenvalue weighted by Gasteiger charge is 2.47. The topological polar surface area (TPSA) is 41.6 Å². The van der Waals surface area contributed by atoms with E-state index in [0.717, 1.165) is 17.7 Å². The van der Waals surface area contributed by atoms with Gasteiger partial charge < -0.3 is 10.1 Å². The molecule has 2 aromatic rings. The highest BCUT2D eigenvalue weighted by Crippen LogP contribution is 2.48. The van der Waals surface area contributed by atoms with Gasteiger partial charge in [-0.3, -0.25) is 4.90 Å². The summed E-state index contributed by atoms with van der Waals surface area (Å²) in [6.07, 6.45) is 7.08. The van der Waals surface area contributed by atoms with E-state index in [9.17, 15) is 4.79 Å². The van der Waals surface area contributed by atoms with Crippen LogP contribution in [0, 0.1) is 5.92 Å². The van der Waals surface area contributed by atoms with Crippen LogP contribution in [0.5, 0.6) is 0 Å². The van der Waals surface area contributed by atoms with Crippen molar-refractivity contribution in [3.63, 3.8) is 0 Å². The van der Waals surface area contributed by atoms with E-state index in [1.807, 2.05) is 41.3 Å². The van der Waals surface area contributed by atoms with Crippen molar-refractivity contribution in [2.45, 2.75) is 63.3 Å². The van der Waals surface area contributed by atoms with Gasteiger partial charge in [0.15, 0.2) is 0 Å². The lowest BCUT2D eigenvalue weighted by Gasteiger charge is -2.45. The van der Waals surface area contributed by atoms with Crippen molar-refractivity contribution in [1.29, 1.82) is 0 Å². The van der Waals surface area contributed by atoms with E-state index >= 15 is 0 Å². The molecule has 4 heteroatoms. The molecule has 3 atom stereocenters. The normalized spacial score (nSPS) is 26.3. The van der Waals surface area contributed by atoms with Gasteiger partial charge in [-0.2, -0.15) is 0 Å². The number of hydrogen-bond acceptors (Lipinski definition) is 3. The smallest absolute Gasteiger partial charge is 0.414 e. The van der Waals surface area contributed by atoms with Crippen LogP contribution in [0.1, 0.15) is 55.7 Å². The SMILES string of the molecule is O=C(OCc1ccccc1)N1c2ccccc2C(NC2CCC2)C2CCCC21. The Labute approximate surface area is 166 Å². The quantitative estimate of drug-likeness (QED) is 0.798. The van der Waals surface area contributed by atoms with Gasteiger partial charge in [0.1, 0.15) is 6.61 Å². The van der Waals surface area contributed by atoms with Gasteiger partial charge in [0.25, 0.3) is 0 Å². The molecule has 3 unspecified atom stereocenters. The first-order valence-electron chi connectivity index (χ1n) is 10.7. The number of nitrogens with zero attached hydrogens (tertiary/aromatic N) is 1. The summed E-state index contributed by atoms with van der Waals surface area (Å²) in [4.78, 5) is 15.1. The Morgan fingerprint density at radius 3 is 2.50 bits per heavy atom. The van der Waals surface area contributed by atoms with Gasteiger partial charge >= 0.3 is 6.09 Å². The standard InChI is InChI=1S/C24H28N2O2/c27-24(28-16-17-8-2-1-3-9-17)26-21-14-5-4-12-19(21)23(25-18-10-6-11-18)20-13-7-15-22(20)26/h1-5,8-9,12,14,18,20,22-23,25H,6-7,10-11,13,15-16H2. The summed E-state index contributed by atoms with van der Waals surface area (Å²) in [6, 6.07) is 19.5. The second-order valence-corrected chi connectivity index (χ2v) is 8.40. The zero-order valence-electron chi connectivity index (χ0n) is 16.2. The molecule has 2 aliphatic carbocycles. The average molecular weight is 377 g/mol. The number of fused-ring (bicyclic) bond motifs is 2. The van der Waals surface area contributed by atoms with Gasteiger partial charge in [0.2, 0.25) is 0 Å². The minimum absolute atomic E-state index is 0.213. The highest BCUT2D eigenvalue weighted by molar-refractivity contribution is 5.90. The second-order valence-electron chi connectivity index (χ2n) is 8.40. The van der Waals surface area contributed by atoms with E-state index in [1.165, 1.54) is 37.7 Å². The maximum atomic E-state index is 13.2. The third kappa shape index (κ3) is 3.20. The number of hydrogen-bond donors (Lipinski definition) is 1.